The van der Waals surface area contributed by atoms with E-state index in [2.05, 4.69) is 13.8 Å². The average molecular weight is 223 g/mol. The maximum absolute atomic E-state index is 13.1. The van der Waals surface area contributed by atoms with E-state index in [4.69, 9.17) is 5.73 Å². The Balaban J connectivity index is 2.74. The van der Waals surface area contributed by atoms with Gasteiger partial charge in [0, 0.05) is 16.1 Å². The first kappa shape index (κ1) is 10.6. The van der Waals surface area contributed by atoms with Crippen LogP contribution in [0.25, 0.3) is 10.1 Å². The normalized spacial score (nSPS) is 11.5. The van der Waals surface area contributed by atoms with E-state index < -0.39 is 0 Å². The predicted octanol–water partition coefficient (Wildman–Crippen LogP) is 3.62. The molecule has 2 aromatic rings. The highest BCUT2D eigenvalue weighted by Crippen LogP contribution is 2.36. The zero-order valence-corrected chi connectivity index (χ0v) is 9.70. The summed E-state index contributed by atoms with van der Waals surface area (Å²) in [5.41, 5.74) is 6.98. The number of fused-ring (bicyclic) bond motifs is 1. The van der Waals surface area contributed by atoms with Gasteiger partial charge in [-0.05, 0) is 29.0 Å². The smallest absolute Gasteiger partial charge is 0.124 e. The number of thiophene rings is 1. The Kier molecular flexibility index (Phi) is 2.76. The zero-order valence-electron chi connectivity index (χ0n) is 8.88. The Bertz CT molecular complexity index is 488. The minimum Gasteiger partial charge on any atom is -0.326 e. The Morgan fingerprint density at radius 2 is 2.13 bits per heavy atom. The molecule has 0 saturated carbocycles. The van der Waals surface area contributed by atoms with Crippen LogP contribution < -0.4 is 5.73 Å². The van der Waals surface area contributed by atoms with E-state index in [1.165, 1.54) is 16.5 Å². The van der Waals surface area contributed by atoms with E-state index >= 15 is 0 Å². The molecule has 0 unspecified atom stereocenters. The molecule has 0 aliphatic heterocycles. The van der Waals surface area contributed by atoms with E-state index in [0.717, 1.165) is 10.1 Å². The molecule has 0 amide bonds. The molecule has 0 bridgehead atoms. The fourth-order valence-electron chi connectivity index (χ4n) is 1.93. The largest absolute Gasteiger partial charge is 0.326 e. The summed E-state index contributed by atoms with van der Waals surface area (Å²) in [4.78, 5) is 1.17. The van der Waals surface area contributed by atoms with Gasteiger partial charge in [0.1, 0.15) is 5.82 Å². The van der Waals surface area contributed by atoms with E-state index in [0.29, 0.717) is 12.5 Å². The van der Waals surface area contributed by atoms with Crippen LogP contribution in [-0.2, 0) is 6.54 Å². The molecule has 0 aliphatic rings. The number of rotatable bonds is 2. The molecular formula is C12H14FNS. The van der Waals surface area contributed by atoms with E-state index in [1.54, 1.807) is 17.4 Å². The van der Waals surface area contributed by atoms with Crippen LogP contribution in [0.4, 0.5) is 4.39 Å². The topological polar surface area (TPSA) is 26.0 Å². The first-order valence-corrected chi connectivity index (χ1v) is 5.86. The second kappa shape index (κ2) is 3.91. The van der Waals surface area contributed by atoms with Gasteiger partial charge in [0.05, 0.1) is 0 Å². The van der Waals surface area contributed by atoms with Crippen LogP contribution in [0.2, 0.25) is 0 Å². The van der Waals surface area contributed by atoms with Crippen LogP contribution in [0.3, 0.4) is 0 Å². The molecular weight excluding hydrogens is 209 g/mol. The Morgan fingerprint density at radius 1 is 1.40 bits per heavy atom. The molecule has 15 heavy (non-hydrogen) atoms. The lowest BCUT2D eigenvalue weighted by atomic mass is 9.99. The molecule has 0 radical (unpaired) electrons. The third-order valence-electron chi connectivity index (χ3n) is 2.53. The van der Waals surface area contributed by atoms with E-state index in [-0.39, 0.29) is 5.82 Å². The summed E-state index contributed by atoms with van der Waals surface area (Å²) >= 11 is 1.60. The first-order chi connectivity index (χ1) is 7.13. The summed E-state index contributed by atoms with van der Waals surface area (Å²) in [6, 6.07) is 4.96. The van der Waals surface area contributed by atoms with Crippen molar-refractivity contribution in [1.29, 1.82) is 0 Å². The van der Waals surface area contributed by atoms with Crippen molar-refractivity contribution in [3.8, 4) is 0 Å². The summed E-state index contributed by atoms with van der Waals surface area (Å²) in [5, 5.41) is 1.15. The molecule has 2 N–H and O–H groups in total. The molecule has 0 spiro atoms. The molecule has 0 saturated heterocycles. The fourth-order valence-corrected chi connectivity index (χ4v) is 3.19. The Hall–Kier alpha value is -0.930. The van der Waals surface area contributed by atoms with Gasteiger partial charge in [0.15, 0.2) is 0 Å². The number of nitrogens with two attached hydrogens (primary N) is 1. The predicted molar refractivity (Wildman–Crippen MR) is 63.8 cm³/mol. The second-order valence-corrected chi connectivity index (χ2v) is 5.07. The number of hydrogen-bond donors (Lipinski definition) is 1. The SMILES string of the molecule is CC(C)c1c(CN)sc2cc(F)ccc12. The van der Waals surface area contributed by atoms with Crippen molar-refractivity contribution in [3.05, 3.63) is 34.5 Å². The third-order valence-corrected chi connectivity index (χ3v) is 3.72. The minimum absolute atomic E-state index is 0.178. The van der Waals surface area contributed by atoms with Gasteiger partial charge in [-0.3, -0.25) is 0 Å². The lowest BCUT2D eigenvalue weighted by Crippen LogP contribution is -1.98. The van der Waals surface area contributed by atoms with Crippen molar-refractivity contribution in [2.75, 3.05) is 0 Å². The zero-order chi connectivity index (χ0) is 11.0. The van der Waals surface area contributed by atoms with Crippen LogP contribution in [0.5, 0.6) is 0 Å². The summed E-state index contributed by atoms with van der Waals surface area (Å²) < 4.78 is 14.1. The van der Waals surface area contributed by atoms with Gasteiger partial charge in [-0.25, -0.2) is 4.39 Å². The lowest BCUT2D eigenvalue weighted by molar-refractivity contribution is 0.630. The molecule has 0 fully saturated rings. The summed E-state index contributed by atoms with van der Waals surface area (Å²) in [5.74, 6) is 0.255. The van der Waals surface area contributed by atoms with Crippen LogP contribution in [0.15, 0.2) is 18.2 Å². The van der Waals surface area contributed by atoms with Crippen LogP contribution in [-0.4, -0.2) is 0 Å². The second-order valence-electron chi connectivity index (χ2n) is 3.94. The highest BCUT2D eigenvalue weighted by Gasteiger charge is 2.14. The van der Waals surface area contributed by atoms with Crippen molar-refractivity contribution < 1.29 is 4.39 Å². The molecule has 80 valence electrons. The maximum atomic E-state index is 13.1. The summed E-state index contributed by atoms with van der Waals surface area (Å²) in [6.07, 6.45) is 0. The standard InChI is InChI=1S/C12H14FNS/c1-7(2)12-9-4-3-8(13)5-10(9)15-11(12)6-14/h3-5,7H,6,14H2,1-2H3. The van der Waals surface area contributed by atoms with Gasteiger partial charge in [-0.1, -0.05) is 19.9 Å². The molecule has 1 aromatic carbocycles. The monoisotopic (exact) mass is 223 g/mol. The number of hydrogen-bond acceptors (Lipinski definition) is 2. The molecule has 0 aliphatic carbocycles. The Morgan fingerprint density at radius 3 is 2.73 bits per heavy atom. The molecule has 3 heteroatoms. The van der Waals surface area contributed by atoms with Gasteiger partial charge >= 0.3 is 0 Å². The van der Waals surface area contributed by atoms with Gasteiger partial charge < -0.3 is 5.73 Å². The van der Waals surface area contributed by atoms with Gasteiger partial charge in [0.2, 0.25) is 0 Å². The van der Waals surface area contributed by atoms with Crippen molar-refractivity contribution >= 4 is 21.4 Å². The molecule has 0 atom stereocenters. The molecule has 1 aromatic heterocycles. The van der Waals surface area contributed by atoms with Crippen LogP contribution in [0, 0.1) is 5.82 Å². The molecule has 1 heterocycles. The van der Waals surface area contributed by atoms with Crippen LogP contribution in [0.1, 0.15) is 30.2 Å². The third kappa shape index (κ3) is 1.77. The molecule has 1 nitrogen and oxygen atoms in total. The lowest BCUT2D eigenvalue weighted by Gasteiger charge is -2.06. The van der Waals surface area contributed by atoms with Gasteiger partial charge in [0.25, 0.3) is 0 Å². The van der Waals surface area contributed by atoms with E-state index in [1.807, 2.05) is 6.07 Å². The van der Waals surface area contributed by atoms with Crippen molar-refractivity contribution in [1.82, 2.24) is 0 Å². The minimum atomic E-state index is -0.178. The maximum Gasteiger partial charge on any atom is 0.124 e. The van der Waals surface area contributed by atoms with E-state index in [9.17, 15) is 4.39 Å². The summed E-state index contributed by atoms with van der Waals surface area (Å²) in [6.45, 7) is 4.82. The van der Waals surface area contributed by atoms with Crippen LogP contribution >= 0.6 is 11.3 Å². The highest BCUT2D eigenvalue weighted by atomic mass is 32.1. The first-order valence-electron chi connectivity index (χ1n) is 5.04. The Labute approximate surface area is 92.7 Å². The molecule has 2 rings (SSSR count). The quantitative estimate of drug-likeness (QED) is 0.826. The van der Waals surface area contributed by atoms with Crippen molar-refractivity contribution in [3.63, 3.8) is 0 Å². The average Bonchev–Trinajstić information content (AvgIpc) is 2.54. The number of benzene rings is 1. The van der Waals surface area contributed by atoms with Crippen molar-refractivity contribution in [2.24, 2.45) is 5.73 Å². The number of halogens is 1. The highest BCUT2D eigenvalue weighted by molar-refractivity contribution is 7.19. The van der Waals surface area contributed by atoms with Gasteiger partial charge in [-0.15, -0.1) is 11.3 Å². The fraction of sp³-hybridized carbons (Fsp3) is 0.333. The summed E-state index contributed by atoms with van der Waals surface area (Å²) in [7, 11) is 0. The van der Waals surface area contributed by atoms with Gasteiger partial charge in [-0.2, -0.15) is 0 Å². The van der Waals surface area contributed by atoms with Crippen molar-refractivity contribution in [2.45, 2.75) is 26.3 Å².